The predicted molar refractivity (Wildman–Crippen MR) is 71.2 cm³/mol. The molecule has 0 saturated heterocycles. The quantitative estimate of drug-likeness (QED) is 0.831. The molecule has 1 heterocycles. The van der Waals surface area contributed by atoms with E-state index in [4.69, 9.17) is 5.73 Å². The molecule has 4 heteroatoms. The van der Waals surface area contributed by atoms with Crippen molar-refractivity contribution in [3.63, 3.8) is 0 Å². The Hall–Kier alpha value is -2.10. The molecule has 2 rings (SSSR count). The summed E-state index contributed by atoms with van der Waals surface area (Å²) in [6, 6.07) is 9.39. The number of anilines is 1. The van der Waals surface area contributed by atoms with Crippen LogP contribution >= 0.6 is 0 Å². The van der Waals surface area contributed by atoms with Crippen molar-refractivity contribution >= 4 is 11.5 Å². The molecule has 0 amide bonds. The molecule has 94 valence electrons. The van der Waals surface area contributed by atoms with Crippen molar-refractivity contribution in [3.05, 3.63) is 47.3 Å². The lowest BCUT2D eigenvalue weighted by molar-refractivity contribution is -0.117. The second-order valence-electron chi connectivity index (χ2n) is 4.54. The Balaban J connectivity index is 2.03. The van der Waals surface area contributed by atoms with E-state index in [1.807, 2.05) is 44.3 Å². The average Bonchev–Trinajstić information content (AvgIpc) is 2.57. The highest BCUT2D eigenvalue weighted by atomic mass is 16.1. The number of hydrogen-bond donors (Lipinski definition) is 1. The molecule has 1 aromatic carbocycles. The lowest BCUT2D eigenvalue weighted by atomic mass is 10.1. The molecule has 0 aliphatic heterocycles. The van der Waals surface area contributed by atoms with Gasteiger partial charge in [0.2, 0.25) is 0 Å². The van der Waals surface area contributed by atoms with Gasteiger partial charge in [-0.3, -0.25) is 9.48 Å². The highest BCUT2D eigenvalue weighted by molar-refractivity contribution is 5.83. The zero-order chi connectivity index (χ0) is 13.1. The summed E-state index contributed by atoms with van der Waals surface area (Å²) in [4.78, 5) is 12.0. The van der Waals surface area contributed by atoms with Gasteiger partial charge in [0.1, 0.15) is 5.78 Å². The van der Waals surface area contributed by atoms with E-state index >= 15 is 0 Å². The minimum absolute atomic E-state index is 0.170. The molecule has 0 saturated carbocycles. The number of Topliss-reactive ketones (excluding diaryl/α,β-unsaturated/α-hetero) is 1. The van der Waals surface area contributed by atoms with Crippen LogP contribution in [0.1, 0.15) is 17.0 Å². The van der Waals surface area contributed by atoms with Crippen molar-refractivity contribution in [1.29, 1.82) is 0 Å². The lowest BCUT2D eigenvalue weighted by Gasteiger charge is -2.03. The number of benzene rings is 1. The molecule has 0 radical (unpaired) electrons. The van der Waals surface area contributed by atoms with Crippen molar-refractivity contribution in [2.45, 2.75) is 19.8 Å². The van der Waals surface area contributed by atoms with Gasteiger partial charge in [-0.25, -0.2) is 0 Å². The maximum Gasteiger partial charge on any atom is 0.143 e. The van der Waals surface area contributed by atoms with Crippen molar-refractivity contribution in [1.82, 2.24) is 9.78 Å². The van der Waals surface area contributed by atoms with Crippen LogP contribution in [0.5, 0.6) is 0 Å². The number of rotatable bonds is 4. The molecule has 2 N–H and O–H groups in total. The molecule has 4 nitrogen and oxygen atoms in total. The second kappa shape index (κ2) is 5.04. The molecule has 0 spiro atoms. The number of nitrogens with two attached hydrogens (primary N) is 1. The van der Waals surface area contributed by atoms with E-state index in [1.54, 1.807) is 4.68 Å². The third-order valence-corrected chi connectivity index (χ3v) is 2.83. The maximum atomic E-state index is 12.0. The van der Waals surface area contributed by atoms with Gasteiger partial charge in [-0.15, -0.1) is 0 Å². The van der Waals surface area contributed by atoms with Crippen molar-refractivity contribution in [2.24, 2.45) is 7.05 Å². The van der Waals surface area contributed by atoms with Crippen LogP contribution in [-0.4, -0.2) is 15.6 Å². The van der Waals surface area contributed by atoms with Gasteiger partial charge in [0.15, 0.2) is 0 Å². The fourth-order valence-corrected chi connectivity index (χ4v) is 2.02. The van der Waals surface area contributed by atoms with Gasteiger partial charge in [-0.1, -0.05) is 12.1 Å². The third-order valence-electron chi connectivity index (χ3n) is 2.83. The molecular formula is C14H17N3O. The summed E-state index contributed by atoms with van der Waals surface area (Å²) >= 11 is 0. The summed E-state index contributed by atoms with van der Waals surface area (Å²) in [6.07, 6.45) is 0.821. The van der Waals surface area contributed by atoms with Crippen molar-refractivity contribution in [2.75, 3.05) is 5.73 Å². The van der Waals surface area contributed by atoms with Gasteiger partial charge in [0.25, 0.3) is 0 Å². The number of carbonyl (C=O) groups is 1. The number of ketones is 1. The predicted octanol–water partition coefficient (Wildman–Crippen LogP) is 1.67. The van der Waals surface area contributed by atoms with Gasteiger partial charge in [0.05, 0.1) is 5.69 Å². The van der Waals surface area contributed by atoms with Gasteiger partial charge < -0.3 is 5.73 Å². The van der Waals surface area contributed by atoms with Gasteiger partial charge in [-0.2, -0.15) is 5.10 Å². The number of nitrogens with zero attached hydrogens (tertiary/aromatic N) is 2. The van der Waals surface area contributed by atoms with E-state index in [2.05, 4.69) is 5.10 Å². The Labute approximate surface area is 106 Å². The molecular weight excluding hydrogens is 226 g/mol. The Morgan fingerprint density at radius 3 is 2.72 bits per heavy atom. The van der Waals surface area contributed by atoms with E-state index in [9.17, 15) is 4.79 Å². The first kappa shape index (κ1) is 12.4. The van der Waals surface area contributed by atoms with Crippen molar-refractivity contribution in [3.8, 4) is 0 Å². The molecule has 0 bridgehead atoms. The van der Waals surface area contributed by atoms with Crippen LogP contribution < -0.4 is 5.73 Å². The second-order valence-corrected chi connectivity index (χ2v) is 4.54. The van der Waals surface area contributed by atoms with Gasteiger partial charge >= 0.3 is 0 Å². The zero-order valence-electron chi connectivity index (χ0n) is 10.7. The molecule has 0 fully saturated rings. The number of aryl methyl sites for hydroxylation is 2. The topological polar surface area (TPSA) is 60.9 Å². The minimum Gasteiger partial charge on any atom is -0.399 e. The summed E-state index contributed by atoms with van der Waals surface area (Å²) in [5.74, 6) is 0.170. The maximum absolute atomic E-state index is 12.0. The molecule has 0 aliphatic rings. The van der Waals surface area contributed by atoms with E-state index in [-0.39, 0.29) is 5.78 Å². The standard InChI is InChI=1S/C14H17N3O/c1-10-6-13(17(2)16-10)9-14(18)8-11-4-3-5-12(15)7-11/h3-7H,8-9,15H2,1-2H3. The molecule has 2 aromatic rings. The molecule has 0 atom stereocenters. The molecule has 1 aromatic heterocycles. The average molecular weight is 243 g/mol. The Morgan fingerprint density at radius 1 is 1.33 bits per heavy atom. The van der Waals surface area contributed by atoms with Crippen LogP contribution in [0.25, 0.3) is 0 Å². The monoisotopic (exact) mass is 243 g/mol. The smallest absolute Gasteiger partial charge is 0.143 e. The fourth-order valence-electron chi connectivity index (χ4n) is 2.02. The van der Waals surface area contributed by atoms with Crippen molar-refractivity contribution < 1.29 is 4.79 Å². The third kappa shape index (κ3) is 2.97. The number of carbonyl (C=O) groups excluding carboxylic acids is 1. The van der Waals surface area contributed by atoms with Crippen LogP contribution in [0.4, 0.5) is 5.69 Å². The molecule has 0 aliphatic carbocycles. The molecule has 0 unspecified atom stereocenters. The summed E-state index contributed by atoms with van der Waals surface area (Å²) in [5, 5.41) is 4.23. The number of aromatic nitrogens is 2. The summed E-state index contributed by atoms with van der Waals surface area (Å²) in [5.41, 5.74) is 9.22. The van der Waals surface area contributed by atoms with E-state index < -0.39 is 0 Å². The van der Waals surface area contributed by atoms with E-state index in [0.29, 0.717) is 18.5 Å². The van der Waals surface area contributed by atoms with Crippen LogP contribution in [0, 0.1) is 6.92 Å². The molecule has 18 heavy (non-hydrogen) atoms. The first-order valence-electron chi connectivity index (χ1n) is 5.90. The first-order valence-corrected chi connectivity index (χ1v) is 5.90. The Morgan fingerprint density at radius 2 is 2.11 bits per heavy atom. The minimum atomic E-state index is 0.170. The van der Waals surface area contributed by atoms with Gasteiger partial charge in [0, 0.05) is 31.3 Å². The normalized spacial score (nSPS) is 10.6. The highest BCUT2D eigenvalue weighted by Gasteiger charge is 2.09. The van der Waals surface area contributed by atoms with Crippen LogP contribution in [0.2, 0.25) is 0 Å². The van der Waals surface area contributed by atoms with Crippen LogP contribution in [0.3, 0.4) is 0 Å². The first-order chi connectivity index (χ1) is 8.54. The summed E-state index contributed by atoms with van der Waals surface area (Å²) in [6.45, 7) is 1.92. The largest absolute Gasteiger partial charge is 0.399 e. The summed E-state index contributed by atoms with van der Waals surface area (Å²) < 4.78 is 1.76. The van der Waals surface area contributed by atoms with Gasteiger partial charge in [-0.05, 0) is 30.7 Å². The van der Waals surface area contributed by atoms with E-state index in [1.165, 1.54) is 0 Å². The Bertz CT molecular complexity index is 572. The number of hydrogen-bond acceptors (Lipinski definition) is 3. The summed E-state index contributed by atoms with van der Waals surface area (Å²) in [7, 11) is 1.86. The van der Waals surface area contributed by atoms with E-state index in [0.717, 1.165) is 17.0 Å². The number of nitrogen functional groups attached to an aromatic ring is 1. The highest BCUT2D eigenvalue weighted by Crippen LogP contribution is 2.10. The lowest BCUT2D eigenvalue weighted by Crippen LogP contribution is -2.10. The Kier molecular flexibility index (Phi) is 3.46. The zero-order valence-corrected chi connectivity index (χ0v) is 10.7. The SMILES string of the molecule is Cc1cc(CC(=O)Cc2cccc(N)c2)n(C)n1. The van der Waals surface area contributed by atoms with Crippen LogP contribution in [0.15, 0.2) is 30.3 Å². The van der Waals surface area contributed by atoms with Crippen LogP contribution in [-0.2, 0) is 24.7 Å². The fraction of sp³-hybridized carbons (Fsp3) is 0.286.